The maximum atomic E-state index is 9.46. The molecule has 0 saturated heterocycles. The van der Waals surface area contributed by atoms with E-state index in [1.165, 1.54) is 0 Å². The van der Waals surface area contributed by atoms with Crippen LogP contribution >= 0.6 is 11.3 Å². The van der Waals surface area contributed by atoms with Crippen LogP contribution in [0, 0.1) is 0 Å². The Morgan fingerprint density at radius 2 is 1.05 bits per heavy atom. The Morgan fingerprint density at radius 3 is 1.70 bits per heavy atom. The molecule has 9 aromatic rings. The maximum absolute atomic E-state index is 9.46. The number of rotatable bonds is 4. The van der Waals surface area contributed by atoms with Crippen molar-refractivity contribution in [2.45, 2.75) is 0 Å². The molecule has 0 amide bonds. The standard InChI is InChI=1S/C39H24N4S/c1-3-11-25(12-4-1)37-40-38(26-13-5-2-6-14-26)42-39(41-37)27-19-21-28(22-20-27)43-33-17-9-7-15-29(33)31-23-24-32-30-16-8-10-18-34(30)44-36(32)35(31)43/h1-24H/i1D,2D,3D,4D,5D,6D,11D,12D,13D,14D,19D,20D,21D,22D. The van der Waals surface area contributed by atoms with Crippen molar-refractivity contribution < 1.29 is 19.2 Å². The zero-order valence-electron chi connectivity index (χ0n) is 36.5. The Hall–Kier alpha value is -5.65. The Balaban J connectivity index is 1.38. The van der Waals surface area contributed by atoms with E-state index >= 15 is 0 Å². The highest BCUT2D eigenvalue weighted by molar-refractivity contribution is 7.26. The molecular weight excluding hydrogens is 557 g/mol. The quantitative estimate of drug-likeness (QED) is 0.204. The Labute approximate surface area is 277 Å². The average Bonchev–Trinajstić information content (AvgIpc) is 3.76. The number of benzene rings is 6. The number of fused-ring (bicyclic) bond motifs is 7. The molecule has 0 atom stereocenters. The van der Waals surface area contributed by atoms with E-state index in [1.807, 2.05) is 60.7 Å². The van der Waals surface area contributed by atoms with Gasteiger partial charge in [0.15, 0.2) is 17.5 Å². The summed E-state index contributed by atoms with van der Waals surface area (Å²) in [5, 5.41) is 3.63. The normalized spacial score (nSPS) is 16.1. The second-order valence-electron chi connectivity index (χ2n) is 9.82. The van der Waals surface area contributed by atoms with Gasteiger partial charge in [-0.1, -0.05) is 109 Å². The lowest BCUT2D eigenvalue weighted by atomic mass is 10.1. The molecule has 3 heterocycles. The lowest BCUT2D eigenvalue weighted by molar-refractivity contribution is 1.07. The summed E-state index contributed by atoms with van der Waals surface area (Å²) in [6.45, 7) is 0. The Kier molecular flexibility index (Phi) is 3.33. The van der Waals surface area contributed by atoms with Gasteiger partial charge < -0.3 is 4.57 Å². The minimum absolute atomic E-state index is 0.0688. The number of thiophene rings is 1. The Bertz CT molecular complexity index is 3130. The highest BCUT2D eigenvalue weighted by Crippen LogP contribution is 2.43. The van der Waals surface area contributed by atoms with Gasteiger partial charge in [0.05, 0.1) is 34.9 Å². The molecule has 0 aliphatic rings. The zero-order valence-corrected chi connectivity index (χ0v) is 23.3. The van der Waals surface area contributed by atoms with Gasteiger partial charge in [-0.3, -0.25) is 0 Å². The van der Waals surface area contributed by atoms with E-state index in [0.717, 1.165) is 30.9 Å². The van der Waals surface area contributed by atoms with Gasteiger partial charge in [-0.05, 0) is 36.3 Å². The zero-order chi connectivity index (χ0) is 41.2. The summed E-state index contributed by atoms with van der Waals surface area (Å²) < 4.78 is 125. The molecule has 0 bridgehead atoms. The summed E-state index contributed by atoms with van der Waals surface area (Å²) in [6.07, 6.45) is 0. The van der Waals surface area contributed by atoms with Gasteiger partial charge in [0.2, 0.25) is 0 Å². The number of nitrogens with zero attached hydrogens (tertiary/aromatic N) is 4. The molecule has 3 aromatic heterocycles. The number of aromatic nitrogens is 4. The second kappa shape index (κ2) is 9.97. The van der Waals surface area contributed by atoms with Crippen molar-refractivity contribution in [2.24, 2.45) is 0 Å². The molecule has 0 fully saturated rings. The van der Waals surface area contributed by atoms with Crippen molar-refractivity contribution in [1.29, 1.82) is 0 Å². The summed E-state index contributed by atoms with van der Waals surface area (Å²) in [6, 6.07) is 10.0. The molecule has 0 aliphatic carbocycles. The molecular formula is C39H24N4S. The first-order valence-corrected chi connectivity index (χ1v) is 14.3. The van der Waals surface area contributed by atoms with E-state index in [4.69, 9.17) is 13.7 Å². The van der Waals surface area contributed by atoms with Crippen LogP contribution in [-0.4, -0.2) is 19.5 Å². The third-order valence-corrected chi connectivity index (χ3v) is 8.51. The molecule has 0 spiro atoms. The minimum atomic E-state index is -0.727. The van der Waals surface area contributed by atoms with Crippen LogP contribution in [0.25, 0.3) is 81.8 Å². The fourth-order valence-corrected chi connectivity index (χ4v) is 6.67. The maximum Gasteiger partial charge on any atom is 0.164 e. The molecule has 4 nitrogen and oxygen atoms in total. The van der Waals surface area contributed by atoms with Crippen LogP contribution in [0.1, 0.15) is 19.2 Å². The van der Waals surface area contributed by atoms with Crippen LogP contribution in [0.5, 0.6) is 0 Å². The van der Waals surface area contributed by atoms with Crippen molar-refractivity contribution >= 4 is 53.3 Å². The summed E-state index contributed by atoms with van der Waals surface area (Å²) in [4.78, 5) is 13.0. The van der Waals surface area contributed by atoms with E-state index in [9.17, 15) is 5.48 Å². The molecule has 44 heavy (non-hydrogen) atoms. The molecule has 5 heteroatoms. The predicted octanol–water partition coefficient (Wildman–Crippen LogP) is 10.3. The summed E-state index contributed by atoms with van der Waals surface area (Å²) in [5.74, 6) is -1.73. The van der Waals surface area contributed by atoms with Crippen LogP contribution in [0.4, 0.5) is 0 Å². The van der Waals surface area contributed by atoms with Crippen molar-refractivity contribution in [3.8, 4) is 39.9 Å². The molecule has 9 rings (SSSR count). The van der Waals surface area contributed by atoms with Crippen molar-refractivity contribution in [3.63, 3.8) is 0 Å². The lowest BCUT2D eigenvalue weighted by Gasteiger charge is -2.11. The fraction of sp³-hybridized carbons (Fsp3) is 0. The van der Waals surface area contributed by atoms with E-state index in [2.05, 4.69) is 15.0 Å². The minimum Gasteiger partial charge on any atom is -0.308 e. The number of hydrogen-bond donors (Lipinski definition) is 0. The summed E-state index contributed by atoms with van der Waals surface area (Å²) >= 11 is 1.54. The van der Waals surface area contributed by atoms with E-state index < -0.39 is 119 Å². The van der Waals surface area contributed by atoms with Crippen molar-refractivity contribution in [1.82, 2.24) is 19.5 Å². The lowest BCUT2D eigenvalue weighted by Crippen LogP contribution is -2.00. The van der Waals surface area contributed by atoms with Crippen molar-refractivity contribution in [3.05, 3.63) is 145 Å². The molecule has 0 N–H and O–H groups in total. The predicted molar refractivity (Wildman–Crippen MR) is 183 cm³/mol. The summed E-state index contributed by atoms with van der Waals surface area (Å²) in [5.41, 5.74) is -0.263. The van der Waals surface area contributed by atoms with Crippen LogP contribution in [0.15, 0.2) is 145 Å². The van der Waals surface area contributed by atoms with Crippen LogP contribution in [-0.2, 0) is 0 Å². The van der Waals surface area contributed by atoms with Gasteiger partial charge in [-0.2, -0.15) is 0 Å². The molecule has 0 unspecified atom stereocenters. The monoisotopic (exact) mass is 594 g/mol. The SMILES string of the molecule is [2H]c1c([2H])c([2H])c(-c2nc(-c3c([2H])c([2H])c([2H])c([2H])c3[2H])nc(-c3c([2H])c([2H])c(-n4c5ccccc5c5ccc6c7ccccc7sc6c54)c([2H])c3[2H])n2)c([2H])c1[2H]. The van der Waals surface area contributed by atoms with E-state index in [0.29, 0.717) is 11.0 Å². The average molecular weight is 595 g/mol. The number of para-hydroxylation sites is 1. The first kappa shape index (κ1) is 14.7. The van der Waals surface area contributed by atoms with Gasteiger partial charge in [0.25, 0.3) is 0 Å². The van der Waals surface area contributed by atoms with Crippen LogP contribution in [0.3, 0.4) is 0 Å². The molecule has 0 radical (unpaired) electrons. The first-order chi connectivity index (χ1) is 27.6. The van der Waals surface area contributed by atoms with E-state index in [-0.39, 0.29) is 5.69 Å². The van der Waals surface area contributed by atoms with Gasteiger partial charge in [0, 0.05) is 48.6 Å². The molecule has 6 aromatic carbocycles. The van der Waals surface area contributed by atoms with Crippen LogP contribution < -0.4 is 0 Å². The first-order valence-electron chi connectivity index (χ1n) is 20.5. The highest BCUT2D eigenvalue weighted by Gasteiger charge is 2.18. The molecule has 0 saturated carbocycles. The van der Waals surface area contributed by atoms with Gasteiger partial charge in [-0.25, -0.2) is 15.0 Å². The van der Waals surface area contributed by atoms with Gasteiger partial charge in [-0.15, -0.1) is 11.3 Å². The molecule has 206 valence electrons. The second-order valence-corrected chi connectivity index (χ2v) is 10.9. The fourth-order valence-electron chi connectivity index (χ4n) is 5.43. The summed E-state index contributed by atoms with van der Waals surface area (Å²) in [7, 11) is 0. The third-order valence-electron chi connectivity index (χ3n) is 7.32. The highest BCUT2D eigenvalue weighted by atomic mass is 32.1. The number of hydrogen-bond acceptors (Lipinski definition) is 4. The third kappa shape index (κ3) is 3.94. The Morgan fingerprint density at radius 1 is 0.500 bits per heavy atom. The van der Waals surface area contributed by atoms with E-state index in [1.54, 1.807) is 15.9 Å². The topological polar surface area (TPSA) is 43.6 Å². The smallest absolute Gasteiger partial charge is 0.164 e. The van der Waals surface area contributed by atoms with Crippen molar-refractivity contribution in [2.75, 3.05) is 0 Å². The molecule has 0 aliphatic heterocycles. The van der Waals surface area contributed by atoms with Crippen LogP contribution in [0.2, 0.25) is 0 Å². The van der Waals surface area contributed by atoms with Gasteiger partial charge >= 0.3 is 0 Å². The van der Waals surface area contributed by atoms with Gasteiger partial charge in [0.1, 0.15) is 0 Å². The largest absolute Gasteiger partial charge is 0.308 e.